The van der Waals surface area contributed by atoms with Crippen LogP contribution in [-0.4, -0.2) is 19.5 Å². The van der Waals surface area contributed by atoms with Gasteiger partial charge >= 0.3 is 12.4 Å². The minimum atomic E-state index is -4.80. The minimum absolute atomic E-state index is 0.0498. The molecule has 8 rings (SSSR count). The molecule has 6 aromatic carbocycles. The van der Waals surface area contributed by atoms with Crippen molar-refractivity contribution >= 4 is 21.8 Å². The third-order valence-corrected chi connectivity index (χ3v) is 8.85. The van der Waals surface area contributed by atoms with Crippen LogP contribution >= 0.6 is 0 Å². The Morgan fingerprint density at radius 2 is 0.906 bits per heavy atom. The van der Waals surface area contributed by atoms with Crippen LogP contribution in [0.25, 0.3) is 72.8 Å². The minimum Gasteiger partial charge on any atom is -0.308 e. The molecule has 53 heavy (non-hydrogen) atoms. The van der Waals surface area contributed by atoms with Crippen LogP contribution in [0.2, 0.25) is 0 Å². The highest BCUT2D eigenvalue weighted by molar-refractivity contribution is 6.10. The Labute approximate surface area is 295 Å². The Morgan fingerprint density at radius 1 is 0.434 bits per heavy atom. The van der Waals surface area contributed by atoms with E-state index >= 15 is 8.78 Å². The molecule has 0 N–H and O–H groups in total. The molecular weight excluding hydrogens is 700 g/mol. The van der Waals surface area contributed by atoms with Crippen LogP contribution in [0.5, 0.6) is 0 Å². The Hall–Kier alpha value is -6.43. The highest BCUT2D eigenvalue weighted by atomic mass is 19.4. The predicted molar refractivity (Wildman–Crippen MR) is 186 cm³/mol. The van der Waals surface area contributed by atoms with Crippen molar-refractivity contribution in [2.45, 2.75) is 12.4 Å². The molecule has 4 nitrogen and oxygen atoms in total. The van der Waals surface area contributed by atoms with E-state index in [2.05, 4.69) is 0 Å². The third kappa shape index (κ3) is 6.15. The number of rotatable bonds is 5. The molecule has 2 heterocycles. The summed E-state index contributed by atoms with van der Waals surface area (Å²) in [5.41, 5.74) is -0.621. The van der Waals surface area contributed by atoms with Gasteiger partial charge in [0.2, 0.25) is 0 Å². The molecule has 12 heteroatoms. The van der Waals surface area contributed by atoms with Crippen molar-refractivity contribution in [2.75, 3.05) is 0 Å². The van der Waals surface area contributed by atoms with Gasteiger partial charge in [0, 0.05) is 27.5 Å². The summed E-state index contributed by atoms with van der Waals surface area (Å²) in [5, 5.41) is -0.250. The summed E-state index contributed by atoms with van der Waals surface area (Å²) in [6.45, 7) is 0. The maximum atomic E-state index is 15.2. The molecule has 0 bridgehead atoms. The van der Waals surface area contributed by atoms with Gasteiger partial charge in [-0.05, 0) is 66.2 Å². The molecule has 0 aliphatic carbocycles. The van der Waals surface area contributed by atoms with Crippen molar-refractivity contribution in [1.82, 2.24) is 19.5 Å². The molecule has 0 atom stereocenters. The number of halogens is 8. The first-order valence-corrected chi connectivity index (χ1v) is 16.1. The number of fused-ring (bicyclic) bond motifs is 3. The Kier molecular flexibility index (Phi) is 8.05. The fourth-order valence-electron chi connectivity index (χ4n) is 6.40. The van der Waals surface area contributed by atoms with Crippen LogP contribution in [0.4, 0.5) is 35.1 Å². The van der Waals surface area contributed by atoms with Gasteiger partial charge in [-0.15, -0.1) is 0 Å². The number of aromatic nitrogens is 4. The first kappa shape index (κ1) is 33.7. The lowest BCUT2D eigenvalue weighted by atomic mass is 10.00. The van der Waals surface area contributed by atoms with Crippen molar-refractivity contribution in [2.24, 2.45) is 0 Å². The zero-order valence-corrected chi connectivity index (χ0v) is 27.0. The van der Waals surface area contributed by atoms with E-state index in [4.69, 9.17) is 15.0 Å². The number of nitrogens with zero attached hydrogens (tertiary/aromatic N) is 4. The van der Waals surface area contributed by atoms with Crippen molar-refractivity contribution in [3.8, 4) is 51.0 Å². The summed E-state index contributed by atoms with van der Waals surface area (Å²) < 4.78 is 116. The van der Waals surface area contributed by atoms with E-state index in [1.807, 2.05) is 12.1 Å². The molecule has 0 saturated heterocycles. The summed E-state index contributed by atoms with van der Waals surface area (Å²) in [4.78, 5) is 14.3. The molecule has 8 aromatic rings. The molecule has 0 amide bonds. The Bertz CT molecular complexity index is 2520. The molecule has 2 aromatic heterocycles. The predicted octanol–water partition coefficient (Wildman–Crippen LogP) is 12.0. The average molecular weight is 723 g/mol. The maximum Gasteiger partial charge on any atom is 0.416 e. The fraction of sp³-hybridized carbons (Fsp3) is 0.0488. The topological polar surface area (TPSA) is 43.6 Å². The highest BCUT2D eigenvalue weighted by Crippen LogP contribution is 2.42. The Morgan fingerprint density at radius 3 is 1.38 bits per heavy atom. The number of alkyl halides is 6. The van der Waals surface area contributed by atoms with Gasteiger partial charge in [0.25, 0.3) is 0 Å². The van der Waals surface area contributed by atoms with E-state index < -0.39 is 35.1 Å². The maximum absolute atomic E-state index is 15.2. The van der Waals surface area contributed by atoms with Gasteiger partial charge in [0.15, 0.2) is 17.5 Å². The average Bonchev–Trinajstić information content (AvgIpc) is 3.47. The number of benzene rings is 6. The Balaban J connectivity index is 1.49. The first-order valence-electron chi connectivity index (χ1n) is 16.1. The number of hydrogen-bond donors (Lipinski definition) is 0. The van der Waals surface area contributed by atoms with Gasteiger partial charge in [-0.2, -0.15) is 26.3 Å². The van der Waals surface area contributed by atoms with E-state index in [0.717, 1.165) is 48.5 Å². The van der Waals surface area contributed by atoms with E-state index in [1.165, 1.54) is 28.8 Å². The third-order valence-electron chi connectivity index (χ3n) is 8.85. The monoisotopic (exact) mass is 722 g/mol. The van der Waals surface area contributed by atoms with E-state index in [9.17, 15) is 26.3 Å². The van der Waals surface area contributed by atoms with E-state index in [-0.39, 0.29) is 61.7 Å². The van der Waals surface area contributed by atoms with E-state index in [1.54, 1.807) is 48.5 Å². The molecular formula is C41H22F8N4. The second-order valence-corrected chi connectivity index (χ2v) is 12.2. The van der Waals surface area contributed by atoms with Gasteiger partial charge < -0.3 is 4.57 Å². The first-order chi connectivity index (χ1) is 25.4. The molecule has 0 aliphatic heterocycles. The molecule has 0 unspecified atom stereocenters. The molecule has 0 radical (unpaired) electrons. The highest BCUT2D eigenvalue weighted by Gasteiger charge is 2.34. The molecule has 262 valence electrons. The van der Waals surface area contributed by atoms with Crippen LogP contribution < -0.4 is 0 Å². The lowest BCUT2D eigenvalue weighted by Gasteiger charge is -2.17. The molecule has 0 aliphatic rings. The van der Waals surface area contributed by atoms with Gasteiger partial charge in [-0.3, -0.25) is 0 Å². The standard InChI is InChI=1S/C41H22F8N4/c42-31-12-7-13-32(43)36(31)25-14-17-28(39-51-37(23-8-3-1-4-9-23)50-38(52-39)24-10-5-2-6-11-24)35(20-25)53-33-18-15-26(40(44,45)46)21-29(33)30-22-27(41(47,48)49)16-19-34(30)53/h1-22H. The van der Waals surface area contributed by atoms with E-state index in [0.29, 0.717) is 11.1 Å². The lowest BCUT2D eigenvalue weighted by molar-refractivity contribution is -0.138. The second-order valence-electron chi connectivity index (χ2n) is 12.2. The second kappa shape index (κ2) is 12.7. The molecule has 0 saturated carbocycles. The van der Waals surface area contributed by atoms with Crippen LogP contribution in [0.1, 0.15) is 11.1 Å². The summed E-state index contributed by atoms with van der Waals surface area (Å²) in [7, 11) is 0. The summed E-state index contributed by atoms with van der Waals surface area (Å²) in [6.07, 6.45) is -9.60. The van der Waals surface area contributed by atoms with Gasteiger partial charge in [-0.25, -0.2) is 23.7 Å². The zero-order valence-electron chi connectivity index (χ0n) is 27.0. The van der Waals surface area contributed by atoms with Gasteiger partial charge in [0.05, 0.1) is 33.4 Å². The fourth-order valence-corrected chi connectivity index (χ4v) is 6.40. The van der Waals surface area contributed by atoms with Crippen molar-refractivity contribution in [1.29, 1.82) is 0 Å². The van der Waals surface area contributed by atoms with Crippen molar-refractivity contribution in [3.05, 3.63) is 156 Å². The lowest BCUT2D eigenvalue weighted by Crippen LogP contribution is -2.06. The van der Waals surface area contributed by atoms with Gasteiger partial charge in [-0.1, -0.05) is 72.8 Å². The van der Waals surface area contributed by atoms with Crippen LogP contribution in [0.15, 0.2) is 133 Å². The SMILES string of the molecule is Fc1cccc(F)c1-c1ccc(-c2nc(-c3ccccc3)nc(-c3ccccc3)n2)c(-n2c3ccc(C(F)(F)F)cc3c3cc(C(F)(F)F)ccc32)c1. The zero-order chi connectivity index (χ0) is 37.1. The van der Waals surface area contributed by atoms with Gasteiger partial charge in [0.1, 0.15) is 11.6 Å². The summed E-state index contributed by atoms with van der Waals surface area (Å²) in [6, 6.07) is 31.3. The van der Waals surface area contributed by atoms with Crippen LogP contribution in [0.3, 0.4) is 0 Å². The van der Waals surface area contributed by atoms with Crippen molar-refractivity contribution in [3.63, 3.8) is 0 Å². The smallest absolute Gasteiger partial charge is 0.308 e. The largest absolute Gasteiger partial charge is 0.416 e. The summed E-state index contributed by atoms with van der Waals surface area (Å²) >= 11 is 0. The van der Waals surface area contributed by atoms with Crippen LogP contribution in [0, 0.1) is 11.6 Å². The van der Waals surface area contributed by atoms with Crippen molar-refractivity contribution < 1.29 is 35.1 Å². The van der Waals surface area contributed by atoms with Crippen LogP contribution in [-0.2, 0) is 12.4 Å². The molecule has 0 fully saturated rings. The number of hydrogen-bond acceptors (Lipinski definition) is 3. The normalized spacial score (nSPS) is 12.2. The quantitative estimate of drug-likeness (QED) is 0.166. The summed E-state index contributed by atoms with van der Waals surface area (Å²) in [5.74, 6) is -1.13. The molecule has 0 spiro atoms.